The summed E-state index contributed by atoms with van der Waals surface area (Å²) in [6.07, 6.45) is 4.36. The number of hydrogen-bond acceptors (Lipinski definition) is 4. The summed E-state index contributed by atoms with van der Waals surface area (Å²) in [6, 6.07) is 0.564. The van der Waals surface area contributed by atoms with Crippen LogP contribution in [0.5, 0.6) is 0 Å². The molecule has 4 nitrogen and oxygen atoms in total. The molecule has 1 atom stereocenters. The van der Waals surface area contributed by atoms with Gasteiger partial charge in [-0.15, -0.1) is 0 Å². The van der Waals surface area contributed by atoms with Crippen molar-refractivity contribution in [2.45, 2.75) is 31.1 Å². The predicted octanol–water partition coefficient (Wildman–Crippen LogP) is 0.751. The maximum absolute atomic E-state index is 12.0. The Kier molecular flexibility index (Phi) is 5.56. The van der Waals surface area contributed by atoms with Crippen LogP contribution in [0.2, 0.25) is 0 Å². The second-order valence-corrected chi connectivity index (χ2v) is 7.80. The van der Waals surface area contributed by atoms with Crippen molar-refractivity contribution < 1.29 is 8.42 Å². The van der Waals surface area contributed by atoms with Crippen LogP contribution in [-0.2, 0) is 10.0 Å². The highest BCUT2D eigenvalue weighted by Crippen LogP contribution is 2.19. The Bertz CT molecular complexity index is 302. The second-order valence-electron chi connectivity index (χ2n) is 4.35. The van der Waals surface area contributed by atoms with Gasteiger partial charge in [-0.2, -0.15) is 11.8 Å². The van der Waals surface area contributed by atoms with E-state index in [1.54, 1.807) is 25.7 Å². The van der Waals surface area contributed by atoms with E-state index in [0.717, 1.165) is 5.75 Å². The molecule has 0 aliphatic heterocycles. The van der Waals surface area contributed by atoms with Crippen molar-refractivity contribution in [3.05, 3.63) is 0 Å². The normalized spacial score (nSPS) is 19.0. The average molecular weight is 266 g/mol. The van der Waals surface area contributed by atoms with Crippen LogP contribution in [0.3, 0.4) is 0 Å². The maximum atomic E-state index is 12.0. The molecule has 1 aliphatic rings. The van der Waals surface area contributed by atoms with Gasteiger partial charge in [-0.1, -0.05) is 0 Å². The Morgan fingerprint density at radius 1 is 1.50 bits per heavy atom. The first-order valence-electron chi connectivity index (χ1n) is 5.66. The van der Waals surface area contributed by atoms with Gasteiger partial charge in [-0.25, -0.2) is 12.7 Å². The molecule has 0 spiro atoms. The Balaban J connectivity index is 2.39. The Morgan fingerprint density at radius 3 is 2.62 bits per heavy atom. The predicted molar refractivity (Wildman–Crippen MR) is 70.4 cm³/mol. The molecule has 96 valence electrons. The molecular formula is C10H22N2O2S2. The molecule has 1 unspecified atom stereocenters. The van der Waals surface area contributed by atoms with Crippen LogP contribution >= 0.6 is 11.8 Å². The number of thioether (sulfide) groups is 1. The van der Waals surface area contributed by atoms with Gasteiger partial charge in [0.05, 0.1) is 5.25 Å². The van der Waals surface area contributed by atoms with Crippen molar-refractivity contribution in [3.63, 3.8) is 0 Å². The third-order valence-corrected chi connectivity index (χ3v) is 5.65. The van der Waals surface area contributed by atoms with E-state index in [4.69, 9.17) is 0 Å². The summed E-state index contributed by atoms with van der Waals surface area (Å²) < 4.78 is 25.6. The largest absolute Gasteiger partial charge is 0.313 e. The lowest BCUT2D eigenvalue weighted by atomic mass is 10.4. The van der Waals surface area contributed by atoms with Crippen molar-refractivity contribution in [2.24, 2.45) is 0 Å². The maximum Gasteiger partial charge on any atom is 0.217 e. The second kappa shape index (κ2) is 6.23. The van der Waals surface area contributed by atoms with Gasteiger partial charge in [-0.05, 0) is 26.0 Å². The van der Waals surface area contributed by atoms with E-state index in [2.05, 4.69) is 5.32 Å². The highest BCUT2D eigenvalue weighted by atomic mass is 32.2. The third kappa shape index (κ3) is 4.24. The van der Waals surface area contributed by atoms with Gasteiger partial charge < -0.3 is 5.32 Å². The number of nitrogens with zero attached hydrogens (tertiary/aromatic N) is 1. The van der Waals surface area contributed by atoms with E-state index >= 15 is 0 Å². The summed E-state index contributed by atoms with van der Waals surface area (Å²) in [6.45, 7) is 2.94. The quantitative estimate of drug-likeness (QED) is 0.704. The molecule has 1 fully saturated rings. The van der Waals surface area contributed by atoms with Gasteiger partial charge in [0, 0.05) is 31.9 Å². The van der Waals surface area contributed by atoms with Gasteiger partial charge in [-0.3, -0.25) is 0 Å². The standard InChI is InChI=1S/C10H22N2O2S2/c1-9(8-11-10-4-5-10)16(13,14)12(2)6-7-15-3/h9-11H,4-8H2,1-3H3. The first-order valence-corrected chi connectivity index (χ1v) is 8.55. The van der Waals surface area contributed by atoms with Crippen LogP contribution in [0.4, 0.5) is 0 Å². The topological polar surface area (TPSA) is 49.4 Å². The Labute approximate surface area is 103 Å². The zero-order valence-electron chi connectivity index (χ0n) is 10.3. The van der Waals surface area contributed by atoms with Crippen LogP contribution in [0, 0.1) is 0 Å². The third-order valence-electron chi connectivity index (χ3n) is 2.82. The molecule has 1 rings (SSSR count). The van der Waals surface area contributed by atoms with Crippen molar-refractivity contribution in [1.29, 1.82) is 0 Å². The minimum absolute atomic E-state index is 0.333. The number of hydrogen-bond donors (Lipinski definition) is 1. The number of sulfonamides is 1. The van der Waals surface area contributed by atoms with E-state index < -0.39 is 10.0 Å². The summed E-state index contributed by atoms with van der Waals surface area (Å²) >= 11 is 1.66. The van der Waals surface area contributed by atoms with Crippen LogP contribution < -0.4 is 5.32 Å². The van der Waals surface area contributed by atoms with E-state index in [9.17, 15) is 8.42 Å². The molecule has 1 N–H and O–H groups in total. The Hall–Kier alpha value is 0.220. The van der Waals surface area contributed by atoms with Crippen molar-refractivity contribution in [1.82, 2.24) is 9.62 Å². The average Bonchev–Trinajstić information content (AvgIpc) is 3.05. The van der Waals surface area contributed by atoms with Crippen LogP contribution in [-0.4, -0.2) is 56.2 Å². The first-order chi connectivity index (χ1) is 7.48. The van der Waals surface area contributed by atoms with Crippen LogP contribution in [0.25, 0.3) is 0 Å². The van der Waals surface area contributed by atoms with Crippen molar-refractivity contribution >= 4 is 21.8 Å². The molecule has 0 radical (unpaired) electrons. The summed E-state index contributed by atoms with van der Waals surface area (Å²) in [5, 5.41) is 2.93. The molecule has 1 saturated carbocycles. The Morgan fingerprint density at radius 2 is 2.12 bits per heavy atom. The van der Waals surface area contributed by atoms with Crippen LogP contribution in [0.1, 0.15) is 19.8 Å². The first kappa shape index (κ1) is 14.3. The zero-order valence-corrected chi connectivity index (χ0v) is 11.9. The minimum Gasteiger partial charge on any atom is -0.313 e. The molecule has 0 heterocycles. The molecule has 0 bridgehead atoms. The molecule has 0 aromatic carbocycles. The van der Waals surface area contributed by atoms with Gasteiger partial charge in [0.25, 0.3) is 0 Å². The summed E-state index contributed by atoms with van der Waals surface area (Å²) in [5.74, 6) is 0.846. The van der Waals surface area contributed by atoms with E-state index in [1.807, 2.05) is 6.26 Å². The molecule has 0 amide bonds. The van der Waals surface area contributed by atoms with Crippen molar-refractivity contribution in [3.8, 4) is 0 Å². The SMILES string of the molecule is CSCCN(C)S(=O)(=O)C(C)CNC1CC1. The highest BCUT2D eigenvalue weighted by Gasteiger charge is 2.28. The van der Waals surface area contributed by atoms with Gasteiger partial charge in [0.2, 0.25) is 10.0 Å². The molecule has 0 aromatic rings. The van der Waals surface area contributed by atoms with Gasteiger partial charge in [0.1, 0.15) is 0 Å². The highest BCUT2D eigenvalue weighted by molar-refractivity contribution is 7.98. The lowest BCUT2D eigenvalue weighted by Gasteiger charge is -2.21. The van der Waals surface area contributed by atoms with E-state index in [-0.39, 0.29) is 5.25 Å². The summed E-state index contributed by atoms with van der Waals surface area (Å²) in [7, 11) is -1.46. The molecule has 6 heteroatoms. The van der Waals surface area contributed by atoms with Gasteiger partial charge >= 0.3 is 0 Å². The number of rotatable bonds is 8. The number of nitrogens with one attached hydrogen (secondary N) is 1. The van der Waals surface area contributed by atoms with Crippen LogP contribution in [0.15, 0.2) is 0 Å². The monoisotopic (exact) mass is 266 g/mol. The van der Waals surface area contributed by atoms with E-state index in [1.165, 1.54) is 17.1 Å². The molecular weight excluding hydrogens is 244 g/mol. The molecule has 16 heavy (non-hydrogen) atoms. The fourth-order valence-corrected chi connectivity index (χ4v) is 3.22. The molecule has 1 aliphatic carbocycles. The zero-order chi connectivity index (χ0) is 12.2. The smallest absolute Gasteiger partial charge is 0.217 e. The summed E-state index contributed by atoms with van der Waals surface area (Å²) in [4.78, 5) is 0. The molecule has 0 aromatic heterocycles. The van der Waals surface area contributed by atoms with Gasteiger partial charge in [0.15, 0.2) is 0 Å². The fraction of sp³-hybridized carbons (Fsp3) is 1.00. The fourth-order valence-electron chi connectivity index (χ4n) is 1.38. The van der Waals surface area contributed by atoms with E-state index in [0.29, 0.717) is 19.1 Å². The minimum atomic E-state index is -3.12. The molecule has 0 saturated heterocycles. The lowest BCUT2D eigenvalue weighted by molar-refractivity contribution is 0.473. The van der Waals surface area contributed by atoms with Crippen molar-refractivity contribution in [2.75, 3.05) is 32.1 Å². The lowest BCUT2D eigenvalue weighted by Crippen LogP contribution is -2.41. The summed E-state index contributed by atoms with van der Waals surface area (Å²) in [5.41, 5.74) is 0.